The minimum Gasteiger partial charge on any atom is -0.507 e. The maximum atomic E-state index is 11.5. The van der Waals surface area contributed by atoms with Crippen LogP contribution in [0.3, 0.4) is 0 Å². The van der Waals surface area contributed by atoms with Crippen LogP contribution in [-0.4, -0.2) is 91.3 Å². The molecule has 0 aliphatic heterocycles. The van der Waals surface area contributed by atoms with Crippen LogP contribution in [0, 0.1) is 0 Å². The SMILES string of the molecule is CCCCc1cc([C@](C)(c2cc(CC)c(O)c(CN(C)C)c2)c2cc(CN(C)C)c(O)c(CN(C)C)c2)cc(CN(C)C)c1O. The fraction of sp³-hybridized carbons (Fsp3) is 0.526. The van der Waals surface area contributed by atoms with Crippen LogP contribution in [0.5, 0.6) is 17.2 Å². The molecule has 0 saturated heterocycles. The summed E-state index contributed by atoms with van der Waals surface area (Å²) in [4.78, 5) is 8.34. The molecule has 0 unspecified atom stereocenters. The number of hydrogen-bond donors (Lipinski definition) is 3. The van der Waals surface area contributed by atoms with Crippen LogP contribution >= 0.6 is 0 Å². The zero-order chi connectivity index (χ0) is 33.6. The Labute approximate surface area is 272 Å². The lowest BCUT2D eigenvalue weighted by Crippen LogP contribution is -2.28. The molecule has 3 aromatic carbocycles. The van der Waals surface area contributed by atoms with E-state index in [4.69, 9.17) is 0 Å². The predicted molar refractivity (Wildman–Crippen MR) is 187 cm³/mol. The number of phenolic OH excluding ortho intramolecular Hbond substituents is 3. The third-order valence-corrected chi connectivity index (χ3v) is 8.66. The van der Waals surface area contributed by atoms with Gasteiger partial charge in [0.05, 0.1) is 0 Å². The van der Waals surface area contributed by atoms with Crippen LogP contribution in [0.4, 0.5) is 0 Å². The summed E-state index contributed by atoms with van der Waals surface area (Å²) in [6.45, 7) is 8.94. The van der Waals surface area contributed by atoms with E-state index < -0.39 is 5.41 Å². The molecular weight excluding hydrogens is 560 g/mol. The van der Waals surface area contributed by atoms with Crippen molar-refractivity contribution in [3.63, 3.8) is 0 Å². The van der Waals surface area contributed by atoms with Gasteiger partial charge in [0, 0.05) is 53.8 Å². The van der Waals surface area contributed by atoms with Crippen molar-refractivity contribution in [3.8, 4) is 17.2 Å². The molecule has 248 valence electrons. The lowest BCUT2D eigenvalue weighted by molar-refractivity contribution is 0.367. The highest BCUT2D eigenvalue weighted by Crippen LogP contribution is 2.46. The van der Waals surface area contributed by atoms with Gasteiger partial charge in [0.1, 0.15) is 17.2 Å². The van der Waals surface area contributed by atoms with Crippen LogP contribution in [-0.2, 0) is 44.4 Å². The lowest BCUT2D eigenvalue weighted by Gasteiger charge is -2.35. The smallest absolute Gasteiger partial charge is 0.124 e. The first-order valence-corrected chi connectivity index (χ1v) is 16.3. The molecule has 0 spiro atoms. The highest BCUT2D eigenvalue weighted by Gasteiger charge is 2.35. The molecule has 3 aromatic rings. The van der Waals surface area contributed by atoms with E-state index in [-0.39, 0.29) is 0 Å². The fourth-order valence-electron chi connectivity index (χ4n) is 6.32. The predicted octanol–water partition coefficient (Wildman–Crippen LogP) is 6.31. The zero-order valence-corrected chi connectivity index (χ0v) is 29.8. The Morgan fingerprint density at radius 2 is 0.778 bits per heavy atom. The summed E-state index contributed by atoms with van der Waals surface area (Å²) >= 11 is 0. The standard InChI is InChI=1S/C38H58N4O3/c1-12-14-15-27-17-33(19-29(36(27)44)23-40(6)7)38(3,32-16-26(13-2)35(43)28(18-32)22-39(4)5)34-20-30(24-41(8)9)37(45)31(21-34)25-42(10)11/h16-21,43-45H,12-15,22-25H2,1-11H3/t38-/m0/s1. The van der Waals surface area contributed by atoms with Crippen molar-refractivity contribution in [2.75, 3.05) is 56.4 Å². The molecule has 0 aliphatic rings. The van der Waals surface area contributed by atoms with E-state index >= 15 is 0 Å². The Morgan fingerprint density at radius 3 is 1.09 bits per heavy atom. The first-order valence-electron chi connectivity index (χ1n) is 16.3. The van der Waals surface area contributed by atoms with Crippen LogP contribution in [0.15, 0.2) is 36.4 Å². The van der Waals surface area contributed by atoms with E-state index in [9.17, 15) is 15.3 Å². The maximum Gasteiger partial charge on any atom is 0.124 e. The molecule has 7 heteroatoms. The third-order valence-electron chi connectivity index (χ3n) is 8.66. The van der Waals surface area contributed by atoms with Gasteiger partial charge in [-0.15, -0.1) is 0 Å². The van der Waals surface area contributed by atoms with Crippen LogP contribution in [0.25, 0.3) is 0 Å². The quantitative estimate of drug-likeness (QED) is 0.173. The molecule has 0 aromatic heterocycles. The minimum absolute atomic E-state index is 0.333. The molecule has 45 heavy (non-hydrogen) atoms. The molecular formula is C38H58N4O3. The van der Waals surface area contributed by atoms with Crippen molar-refractivity contribution in [1.29, 1.82) is 0 Å². The number of rotatable bonds is 15. The second kappa shape index (κ2) is 15.5. The summed E-state index contributed by atoms with van der Waals surface area (Å²) < 4.78 is 0. The van der Waals surface area contributed by atoms with E-state index in [0.29, 0.717) is 49.8 Å². The Morgan fingerprint density at radius 1 is 0.489 bits per heavy atom. The molecule has 1 atom stereocenters. The number of nitrogens with zero attached hydrogens (tertiary/aromatic N) is 4. The normalized spacial score (nSPS) is 13.4. The van der Waals surface area contributed by atoms with Crippen LogP contribution < -0.4 is 0 Å². The summed E-state index contributed by atoms with van der Waals surface area (Å²) in [5, 5.41) is 34.2. The summed E-state index contributed by atoms with van der Waals surface area (Å²) in [6, 6.07) is 13.0. The van der Waals surface area contributed by atoms with E-state index in [2.05, 4.69) is 76.8 Å². The van der Waals surface area contributed by atoms with Crippen molar-refractivity contribution in [2.45, 2.75) is 78.0 Å². The van der Waals surface area contributed by atoms with E-state index in [0.717, 1.165) is 69.3 Å². The van der Waals surface area contributed by atoms with Crippen LogP contribution in [0.1, 0.15) is 83.7 Å². The first kappa shape index (κ1) is 36.4. The van der Waals surface area contributed by atoms with Gasteiger partial charge in [-0.3, -0.25) is 0 Å². The summed E-state index contributed by atoms with van der Waals surface area (Å²) in [5.74, 6) is 1.07. The molecule has 0 heterocycles. The number of benzene rings is 3. The Balaban J connectivity index is 2.53. The topological polar surface area (TPSA) is 73.7 Å². The number of phenols is 3. The van der Waals surface area contributed by atoms with E-state index in [1.807, 2.05) is 56.4 Å². The van der Waals surface area contributed by atoms with Crippen molar-refractivity contribution >= 4 is 0 Å². The molecule has 0 aliphatic carbocycles. The van der Waals surface area contributed by atoms with E-state index in [1.54, 1.807) is 0 Å². The number of aryl methyl sites for hydroxylation is 2. The Hall–Kier alpha value is -3.10. The summed E-state index contributed by atoms with van der Waals surface area (Å²) in [5.41, 5.74) is 7.99. The molecule has 0 radical (unpaired) electrons. The average Bonchev–Trinajstić information content (AvgIpc) is 2.95. The largest absolute Gasteiger partial charge is 0.507 e. The van der Waals surface area contributed by atoms with Gasteiger partial charge in [-0.25, -0.2) is 0 Å². The monoisotopic (exact) mass is 618 g/mol. The van der Waals surface area contributed by atoms with Crippen molar-refractivity contribution in [3.05, 3.63) is 86.5 Å². The van der Waals surface area contributed by atoms with Gasteiger partial charge in [0.2, 0.25) is 0 Å². The summed E-state index contributed by atoms with van der Waals surface area (Å²) in [6.07, 6.45) is 3.52. The second-order valence-corrected chi connectivity index (χ2v) is 14.0. The first-order chi connectivity index (χ1) is 21.1. The van der Waals surface area contributed by atoms with Gasteiger partial charge in [0.15, 0.2) is 0 Å². The molecule has 0 fully saturated rings. The second-order valence-electron chi connectivity index (χ2n) is 14.0. The number of aromatic hydroxyl groups is 3. The molecule has 0 bridgehead atoms. The third kappa shape index (κ3) is 8.59. The fourth-order valence-corrected chi connectivity index (χ4v) is 6.32. The molecule has 0 amide bonds. The van der Waals surface area contributed by atoms with Crippen molar-refractivity contribution in [2.24, 2.45) is 0 Å². The van der Waals surface area contributed by atoms with Gasteiger partial charge < -0.3 is 34.9 Å². The lowest BCUT2D eigenvalue weighted by atomic mass is 9.68. The molecule has 7 nitrogen and oxygen atoms in total. The molecule has 3 rings (SSSR count). The van der Waals surface area contributed by atoms with Crippen molar-refractivity contribution in [1.82, 2.24) is 19.6 Å². The highest BCUT2D eigenvalue weighted by molar-refractivity contribution is 5.60. The zero-order valence-electron chi connectivity index (χ0n) is 29.8. The highest BCUT2D eigenvalue weighted by atomic mass is 16.3. The van der Waals surface area contributed by atoms with Crippen molar-refractivity contribution < 1.29 is 15.3 Å². The average molecular weight is 619 g/mol. The van der Waals surface area contributed by atoms with Gasteiger partial charge in [0.25, 0.3) is 0 Å². The number of unbranched alkanes of at least 4 members (excludes halogenated alkanes) is 1. The minimum atomic E-state index is -0.662. The van der Waals surface area contributed by atoms with E-state index in [1.165, 1.54) is 0 Å². The van der Waals surface area contributed by atoms with Gasteiger partial charge in [-0.1, -0.05) is 32.4 Å². The maximum absolute atomic E-state index is 11.5. The number of hydrogen-bond acceptors (Lipinski definition) is 7. The van der Waals surface area contributed by atoms with Gasteiger partial charge in [-0.05, 0) is 135 Å². The summed E-state index contributed by atoms with van der Waals surface area (Å²) in [7, 11) is 16.2. The Kier molecular flexibility index (Phi) is 12.5. The Bertz CT molecular complexity index is 1420. The molecule has 0 saturated carbocycles. The van der Waals surface area contributed by atoms with Gasteiger partial charge >= 0.3 is 0 Å². The molecule has 3 N–H and O–H groups in total. The van der Waals surface area contributed by atoms with Crippen LogP contribution in [0.2, 0.25) is 0 Å². The van der Waals surface area contributed by atoms with Gasteiger partial charge in [-0.2, -0.15) is 0 Å².